The van der Waals surface area contributed by atoms with Crippen LogP contribution in [0.5, 0.6) is 0 Å². The van der Waals surface area contributed by atoms with Crippen LogP contribution in [0.25, 0.3) is 0 Å². The van der Waals surface area contributed by atoms with Crippen LogP contribution in [0.15, 0.2) is 0 Å². The van der Waals surface area contributed by atoms with Crippen molar-refractivity contribution in [2.45, 2.75) is 38.5 Å². The second kappa shape index (κ2) is 8.57. The number of nitrogens with zero attached hydrogens (tertiary/aromatic N) is 1. The van der Waals surface area contributed by atoms with E-state index in [1.165, 1.54) is 12.8 Å². The van der Waals surface area contributed by atoms with E-state index in [2.05, 4.69) is 11.6 Å². The molecular weight excluding hydrogens is 248 g/mol. The van der Waals surface area contributed by atoms with Crippen molar-refractivity contribution in [2.75, 3.05) is 19.8 Å². The van der Waals surface area contributed by atoms with Gasteiger partial charge in [0.15, 0.2) is 5.85 Å². The van der Waals surface area contributed by atoms with Crippen LogP contribution in [0, 0.1) is 0 Å². The molecule has 0 rings (SSSR count). The summed E-state index contributed by atoms with van der Waals surface area (Å²) in [5.74, 6) is -1.50. The molecule has 0 spiro atoms. The Morgan fingerprint density at radius 3 is 2.50 bits per heavy atom. The Morgan fingerprint density at radius 1 is 1.38 bits per heavy atom. The van der Waals surface area contributed by atoms with Gasteiger partial charge in [0.25, 0.3) is 0 Å². The van der Waals surface area contributed by atoms with Gasteiger partial charge in [0.2, 0.25) is 0 Å². The third-order valence-electron chi connectivity index (χ3n) is 2.27. The normalized spacial score (nSPS) is 15.1. The highest BCUT2D eigenvalue weighted by Crippen LogP contribution is 2.41. The van der Waals surface area contributed by atoms with Gasteiger partial charge in [-0.3, -0.25) is 9.24 Å². The first-order valence-corrected chi connectivity index (χ1v) is 8.39. The molecule has 0 bridgehead atoms. The molecule has 0 saturated carbocycles. The molecule has 0 aromatic carbocycles. The van der Waals surface area contributed by atoms with Gasteiger partial charge in [-0.25, -0.2) is 0 Å². The summed E-state index contributed by atoms with van der Waals surface area (Å²) in [5, 5.41) is 9.14. The largest absolute Gasteiger partial charge is 0.380 e. The minimum absolute atomic E-state index is 0.167. The summed E-state index contributed by atoms with van der Waals surface area (Å²) < 4.78 is 12.8. The smallest absolute Gasteiger partial charge is 0.353 e. The molecule has 0 aromatic heterocycles. The van der Waals surface area contributed by atoms with Gasteiger partial charge in [-0.15, -0.1) is 0 Å². The SMILES string of the molecule is CCCCCN(C)PCCC(O)P(=O)(O)O. The van der Waals surface area contributed by atoms with E-state index < -0.39 is 13.4 Å². The standard InChI is InChI=1S/C9H23NO4P2/c1-3-4-5-7-10(2)15-8-6-9(11)16(12,13)14/h9,11,15H,3-8H2,1-2H3,(H2,12,13,14). The maximum Gasteiger partial charge on any atom is 0.353 e. The zero-order chi connectivity index (χ0) is 12.6. The van der Waals surface area contributed by atoms with Gasteiger partial charge in [0.05, 0.1) is 0 Å². The summed E-state index contributed by atoms with van der Waals surface area (Å²) in [4.78, 5) is 17.4. The second-order valence-corrected chi connectivity index (χ2v) is 7.25. The maximum absolute atomic E-state index is 10.7. The predicted molar refractivity (Wildman–Crippen MR) is 68.0 cm³/mol. The summed E-state index contributed by atoms with van der Waals surface area (Å²) in [5.41, 5.74) is 0. The predicted octanol–water partition coefficient (Wildman–Crippen LogP) is 1.59. The van der Waals surface area contributed by atoms with Gasteiger partial charge in [-0.05, 0) is 26.1 Å². The first-order chi connectivity index (χ1) is 7.38. The molecule has 2 unspecified atom stereocenters. The lowest BCUT2D eigenvalue weighted by molar-refractivity contribution is 0.199. The molecule has 2 atom stereocenters. The summed E-state index contributed by atoms with van der Waals surface area (Å²) in [6, 6.07) is 0. The van der Waals surface area contributed by atoms with Gasteiger partial charge < -0.3 is 14.9 Å². The molecule has 0 heterocycles. The highest BCUT2D eigenvalue weighted by molar-refractivity contribution is 7.52. The molecule has 0 aliphatic carbocycles. The maximum atomic E-state index is 10.7. The van der Waals surface area contributed by atoms with Crippen molar-refractivity contribution in [3.8, 4) is 0 Å². The van der Waals surface area contributed by atoms with Crippen molar-refractivity contribution in [3.05, 3.63) is 0 Å². The summed E-state index contributed by atoms with van der Waals surface area (Å²) in [6.45, 7) is 3.16. The summed E-state index contributed by atoms with van der Waals surface area (Å²) in [7, 11) is -1.78. The molecule has 0 aromatic rings. The third-order valence-corrected chi connectivity index (χ3v) is 4.58. The van der Waals surface area contributed by atoms with Crippen molar-refractivity contribution in [1.82, 2.24) is 4.67 Å². The Balaban J connectivity index is 3.54. The van der Waals surface area contributed by atoms with E-state index in [0.29, 0.717) is 14.9 Å². The highest BCUT2D eigenvalue weighted by Gasteiger charge is 2.25. The van der Waals surface area contributed by atoms with Crippen molar-refractivity contribution < 1.29 is 19.5 Å². The minimum Gasteiger partial charge on any atom is -0.380 e. The molecular formula is C9H23NO4P2. The van der Waals surface area contributed by atoms with Gasteiger partial charge in [-0.1, -0.05) is 28.5 Å². The Bertz CT molecular complexity index is 222. The fourth-order valence-corrected chi connectivity index (χ4v) is 3.04. The number of aliphatic hydroxyl groups is 1. The number of unbranched alkanes of at least 4 members (excludes halogenated alkanes) is 2. The molecule has 7 heteroatoms. The van der Waals surface area contributed by atoms with Crippen molar-refractivity contribution in [1.29, 1.82) is 0 Å². The van der Waals surface area contributed by atoms with E-state index in [9.17, 15) is 4.57 Å². The van der Waals surface area contributed by atoms with Crippen LogP contribution in [0.1, 0.15) is 32.6 Å². The minimum atomic E-state index is -4.30. The van der Waals surface area contributed by atoms with E-state index in [0.717, 1.165) is 13.0 Å². The van der Waals surface area contributed by atoms with E-state index in [-0.39, 0.29) is 6.42 Å². The fraction of sp³-hybridized carbons (Fsp3) is 1.00. The zero-order valence-electron chi connectivity index (χ0n) is 9.96. The molecule has 98 valence electrons. The molecule has 0 amide bonds. The van der Waals surface area contributed by atoms with Crippen molar-refractivity contribution in [2.24, 2.45) is 0 Å². The van der Waals surface area contributed by atoms with Crippen LogP contribution in [-0.2, 0) is 4.57 Å². The van der Waals surface area contributed by atoms with Gasteiger partial charge in [0, 0.05) is 6.54 Å². The topological polar surface area (TPSA) is 81.0 Å². The lowest BCUT2D eigenvalue weighted by atomic mass is 10.2. The first kappa shape index (κ1) is 16.5. The second-order valence-electron chi connectivity index (χ2n) is 3.90. The monoisotopic (exact) mass is 271 g/mol. The zero-order valence-corrected chi connectivity index (χ0v) is 11.9. The Morgan fingerprint density at radius 2 is 2.00 bits per heavy atom. The fourth-order valence-electron chi connectivity index (χ4n) is 1.23. The van der Waals surface area contributed by atoms with Crippen LogP contribution in [0.3, 0.4) is 0 Å². The third kappa shape index (κ3) is 8.63. The van der Waals surface area contributed by atoms with Crippen molar-refractivity contribution >= 4 is 16.3 Å². The van der Waals surface area contributed by atoms with Crippen molar-refractivity contribution in [3.63, 3.8) is 0 Å². The average molecular weight is 271 g/mol. The van der Waals surface area contributed by atoms with E-state index in [4.69, 9.17) is 14.9 Å². The highest BCUT2D eigenvalue weighted by atomic mass is 31.2. The van der Waals surface area contributed by atoms with Crippen LogP contribution in [0.2, 0.25) is 0 Å². The number of hydrogen-bond acceptors (Lipinski definition) is 3. The van der Waals surface area contributed by atoms with Gasteiger partial charge in [0.1, 0.15) is 0 Å². The van der Waals surface area contributed by atoms with E-state index in [1.807, 2.05) is 7.05 Å². The average Bonchev–Trinajstić information content (AvgIpc) is 2.16. The molecule has 0 radical (unpaired) electrons. The Labute approximate surface area is 99.2 Å². The van der Waals surface area contributed by atoms with Gasteiger partial charge in [-0.2, -0.15) is 0 Å². The number of aliphatic hydroxyl groups excluding tert-OH is 1. The molecule has 5 nitrogen and oxygen atoms in total. The number of rotatable bonds is 9. The molecule has 0 saturated heterocycles. The van der Waals surface area contributed by atoms with Crippen LogP contribution >= 0.6 is 16.3 Å². The molecule has 0 fully saturated rings. The first-order valence-electron chi connectivity index (χ1n) is 5.55. The Hall–Kier alpha value is 0.500. The molecule has 16 heavy (non-hydrogen) atoms. The number of hydrogen-bond donors (Lipinski definition) is 3. The van der Waals surface area contributed by atoms with Crippen LogP contribution in [0.4, 0.5) is 0 Å². The molecule has 0 aliphatic rings. The summed E-state index contributed by atoms with van der Waals surface area (Å²) >= 11 is 0. The lowest BCUT2D eigenvalue weighted by Gasteiger charge is -2.17. The van der Waals surface area contributed by atoms with E-state index in [1.54, 1.807) is 0 Å². The van der Waals surface area contributed by atoms with E-state index >= 15 is 0 Å². The molecule has 3 N–H and O–H groups in total. The van der Waals surface area contributed by atoms with Crippen LogP contribution < -0.4 is 0 Å². The summed E-state index contributed by atoms with van der Waals surface area (Å²) in [6.07, 6.45) is 4.35. The van der Waals surface area contributed by atoms with Gasteiger partial charge >= 0.3 is 7.60 Å². The Kier molecular flexibility index (Phi) is 8.84. The molecule has 0 aliphatic heterocycles. The lowest BCUT2D eigenvalue weighted by Crippen LogP contribution is -2.12. The van der Waals surface area contributed by atoms with Crippen LogP contribution in [-0.4, -0.2) is 45.2 Å². The quantitative estimate of drug-likeness (QED) is 0.438.